The van der Waals surface area contributed by atoms with Gasteiger partial charge in [0.05, 0.1) is 5.70 Å². The summed E-state index contributed by atoms with van der Waals surface area (Å²) in [6.07, 6.45) is -0.0974. The Bertz CT molecular complexity index is 230. The monoisotopic (exact) mass is 145 g/mol. The highest BCUT2D eigenvalue weighted by atomic mass is 19.1. The molecule has 2 N–H and O–H groups in total. The average molecular weight is 145 g/mol. The SMILES string of the molecule is NC1=CC=C(F)C(=O)C1F. The summed E-state index contributed by atoms with van der Waals surface area (Å²) in [5, 5.41) is 0. The summed E-state index contributed by atoms with van der Waals surface area (Å²) in [6.45, 7) is 0. The number of carbonyl (C=O) groups excluding carboxylic acids is 1. The van der Waals surface area contributed by atoms with E-state index in [9.17, 15) is 13.6 Å². The molecule has 0 amide bonds. The first-order chi connectivity index (χ1) is 4.63. The minimum Gasteiger partial charge on any atom is -0.399 e. The van der Waals surface area contributed by atoms with E-state index in [4.69, 9.17) is 5.73 Å². The van der Waals surface area contributed by atoms with Gasteiger partial charge in [0.15, 0.2) is 5.83 Å². The van der Waals surface area contributed by atoms with Gasteiger partial charge in [-0.25, -0.2) is 8.78 Å². The number of Topliss-reactive ketones (excluding diaryl/α,β-unsaturated/α-hetero) is 1. The fraction of sp³-hybridized carbons (Fsp3) is 0.167. The van der Waals surface area contributed by atoms with E-state index in [2.05, 4.69) is 0 Å². The third-order valence-electron chi connectivity index (χ3n) is 1.18. The Morgan fingerprint density at radius 2 is 2.10 bits per heavy atom. The lowest BCUT2D eigenvalue weighted by Crippen LogP contribution is -2.25. The molecule has 0 fully saturated rings. The molecule has 0 saturated heterocycles. The maximum atomic E-state index is 12.4. The van der Waals surface area contributed by atoms with Crippen LogP contribution in [0.15, 0.2) is 23.7 Å². The molecule has 0 aliphatic heterocycles. The van der Waals surface area contributed by atoms with Crippen molar-refractivity contribution in [1.82, 2.24) is 0 Å². The highest BCUT2D eigenvalue weighted by Gasteiger charge is 2.26. The van der Waals surface area contributed by atoms with E-state index >= 15 is 0 Å². The van der Waals surface area contributed by atoms with E-state index in [1.807, 2.05) is 0 Å². The molecular formula is C6H5F2NO. The van der Waals surface area contributed by atoms with Gasteiger partial charge in [-0.05, 0) is 12.2 Å². The van der Waals surface area contributed by atoms with Gasteiger partial charge in [0.1, 0.15) is 0 Å². The zero-order chi connectivity index (χ0) is 7.72. The molecule has 0 aromatic carbocycles. The Morgan fingerprint density at radius 3 is 2.60 bits per heavy atom. The van der Waals surface area contributed by atoms with E-state index in [1.165, 1.54) is 0 Å². The average Bonchev–Trinajstić information content (AvgIpc) is 1.93. The number of hydrogen-bond donors (Lipinski definition) is 1. The normalized spacial score (nSPS) is 25.8. The van der Waals surface area contributed by atoms with Gasteiger partial charge < -0.3 is 5.73 Å². The highest BCUT2D eigenvalue weighted by Crippen LogP contribution is 2.15. The van der Waals surface area contributed by atoms with Crippen molar-refractivity contribution in [2.45, 2.75) is 6.17 Å². The van der Waals surface area contributed by atoms with Crippen molar-refractivity contribution in [3.05, 3.63) is 23.7 Å². The molecule has 1 aliphatic rings. The third kappa shape index (κ3) is 0.920. The molecule has 1 rings (SSSR count). The molecule has 10 heavy (non-hydrogen) atoms. The van der Waals surface area contributed by atoms with Crippen molar-refractivity contribution in [2.75, 3.05) is 0 Å². The van der Waals surface area contributed by atoms with Gasteiger partial charge in [0, 0.05) is 0 Å². The summed E-state index contributed by atoms with van der Waals surface area (Å²) < 4.78 is 24.6. The fourth-order valence-electron chi connectivity index (χ4n) is 0.608. The summed E-state index contributed by atoms with van der Waals surface area (Å²) >= 11 is 0. The Balaban J connectivity index is 2.97. The number of alkyl halides is 1. The molecule has 0 spiro atoms. The first-order valence-corrected chi connectivity index (χ1v) is 2.64. The Kier molecular flexibility index (Phi) is 1.53. The minimum atomic E-state index is -2.00. The van der Waals surface area contributed by atoms with Crippen LogP contribution in [0.3, 0.4) is 0 Å². The van der Waals surface area contributed by atoms with E-state index in [1.54, 1.807) is 0 Å². The first kappa shape index (κ1) is 6.92. The van der Waals surface area contributed by atoms with E-state index < -0.39 is 17.8 Å². The van der Waals surface area contributed by atoms with Crippen LogP contribution in [0.5, 0.6) is 0 Å². The molecule has 0 bridgehead atoms. The summed E-state index contributed by atoms with van der Waals surface area (Å²) in [6, 6.07) is 0. The van der Waals surface area contributed by atoms with Crippen LogP contribution in [0.25, 0.3) is 0 Å². The lowest BCUT2D eigenvalue weighted by atomic mass is 10.1. The number of ketones is 1. The molecule has 0 radical (unpaired) electrons. The predicted molar refractivity (Wildman–Crippen MR) is 31.4 cm³/mol. The Morgan fingerprint density at radius 1 is 1.50 bits per heavy atom. The maximum Gasteiger partial charge on any atom is 0.231 e. The van der Waals surface area contributed by atoms with Gasteiger partial charge in [-0.3, -0.25) is 4.79 Å². The van der Waals surface area contributed by atoms with Gasteiger partial charge >= 0.3 is 0 Å². The van der Waals surface area contributed by atoms with E-state index in [-0.39, 0.29) is 5.70 Å². The largest absolute Gasteiger partial charge is 0.399 e. The van der Waals surface area contributed by atoms with Crippen LogP contribution in [-0.4, -0.2) is 12.0 Å². The van der Waals surface area contributed by atoms with Crippen molar-refractivity contribution in [3.63, 3.8) is 0 Å². The molecule has 4 heteroatoms. The van der Waals surface area contributed by atoms with Gasteiger partial charge in [-0.2, -0.15) is 0 Å². The van der Waals surface area contributed by atoms with Crippen LogP contribution in [0.2, 0.25) is 0 Å². The molecule has 0 aromatic heterocycles. The number of nitrogens with two attached hydrogens (primary N) is 1. The second-order valence-electron chi connectivity index (χ2n) is 1.91. The van der Waals surface area contributed by atoms with Crippen LogP contribution in [0.4, 0.5) is 8.78 Å². The van der Waals surface area contributed by atoms with Gasteiger partial charge in [0.25, 0.3) is 0 Å². The Hall–Kier alpha value is -1.19. The van der Waals surface area contributed by atoms with Crippen molar-refractivity contribution in [1.29, 1.82) is 0 Å². The van der Waals surface area contributed by atoms with Crippen molar-refractivity contribution < 1.29 is 13.6 Å². The van der Waals surface area contributed by atoms with E-state index in [0.717, 1.165) is 12.2 Å². The summed E-state index contributed by atoms with van der Waals surface area (Å²) in [4.78, 5) is 10.4. The zero-order valence-electron chi connectivity index (χ0n) is 4.97. The number of halogens is 2. The highest BCUT2D eigenvalue weighted by molar-refractivity contribution is 6.00. The summed E-state index contributed by atoms with van der Waals surface area (Å²) in [5.41, 5.74) is 4.74. The van der Waals surface area contributed by atoms with Crippen LogP contribution in [0, 0.1) is 0 Å². The Labute approximate surface area is 56.0 Å². The van der Waals surface area contributed by atoms with Crippen molar-refractivity contribution >= 4 is 5.78 Å². The maximum absolute atomic E-state index is 12.4. The second kappa shape index (κ2) is 2.21. The zero-order valence-corrected chi connectivity index (χ0v) is 4.97. The molecular weight excluding hydrogens is 140 g/mol. The molecule has 1 unspecified atom stereocenters. The van der Waals surface area contributed by atoms with Crippen LogP contribution >= 0.6 is 0 Å². The molecule has 54 valence electrons. The second-order valence-corrected chi connectivity index (χ2v) is 1.91. The lowest BCUT2D eigenvalue weighted by Gasteiger charge is -2.08. The molecule has 1 aliphatic carbocycles. The van der Waals surface area contributed by atoms with Gasteiger partial charge in [0.2, 0.25) is 12.0 Å². The quantitative estimate of drug-likeness (QED) is 0.542. The van der Waals surface area contributed by atoms with E-state index in [0.29, 0.717) is 0 Å². The first-order valence-electron chi connectivity index (χ1n) is 2.64. The van der Waals surface area contributed by atoms with Crippen molar-refractivity contribution in [3.8, 4) is 0 Å². The topological polar surface area (TPSA) is 43.1 Å². The van der Waals surface area contributed by atoms with Crippen LogP contribution in [0.1, 0.15) is 0 Å². The third-order valence-corrected chi connectivity index (χ3v) is 1.18. The smallest absolute Gasteiger partial charge is 0.231 e. The van der Waals surface area contributed by atoms with Crippen LogP contribution in [-0.2, 0) is 4.79 Å². The van der Waals surface area contributed by atoms with Crippen LogP contribution < -0.4 is 5.73 Å². The number of allylic oxidation sites excluding steroid dienone is 4. The summed E-state index contributed by atoms with van der Waals surface area (Å²) in [7, 11) is 0. The minimum absolute atomic E-state index is 0.244. The van der Waals surface area contributed by atoms with Gasteiger partial charge in [-0.1, -0.05) is 0 Å². The molecule has 2 nitrogen and oxygen atoms in total. The number of rotatable bonds is 0. The van der Waals surface area contributed by atoms with Gasteiger partial charge in [-0.15, -0.1) is 0 Å². The molecule has 1 atom stereocenters. The summed E-state index contributed by atoms with van der Waals surface area (Å²) in [5.74, 6) is -2.28. The lowest BCUT2D eigenvalue weighted by molar-refractivity contribution is -0.120. The number of hydrogen-bond acceptors (Lipinski definition) is 2. The molecule has 0 aromatic rings. The molecule has 0 saturated carbocycles. The molecule has 0 heterocycles. The fourth-order valence-corrected chi connectivity index (χ4v) is 0.608. The number of carbonyl (C=O) groups is 1. The van der Waals surface area contributed by atoms with Crippen molar-refractivity contribution in [2.24, 2.45) is 5.73 Å². The standard InChI is InChI=1S/C6H5F2NO/c7-3-1-2-4(9)5(8)6(3)10/h1-2,5H,9H2. The predicted octanol–water partition coefficient (Wildman–Crippen LogP) is 0.603.